The summed E-state index contributed by atoms with van der Waals surface area (Å²) < 4.78 is 0. The molecule has 0 radical (unpaired) electrons. The molecule has 2 aliphatic rings. The Labute approximate surface area is 262 Å². The quantitative estimate of drug-likeness (QED) is 0.212. The van der Waals surface area contributed by atoms with Crippen LogP contribution in [-0.4, -0.2) is 4.98 Å². The average Bonchev–Trinajstić information content (AvgIpc) is 3.60. The van der Waals surface area contributed by atoms with E-state index in [4.69, 9.17) is 0 Å². The summed E-state index contributed by atoms with van der Waals surface area (Å²) in [6, 6.07) is 54.7. The van der Waals surface area contributed by atoms with Gasteiger partial charge in [0.1, 0.15) is 0 Å². The summed E-state index contributed by atoms with van der Waals surface area (Å²) in [7, 11) is 0. The minimum absolute atomic E-state index is 0.513. The molecule has 0 fully saturated rings. The van der Waals surface area contributed by atoms with Crippen molar-refractivity contribution >= 4 is 0 Å². The van der Waals surface area contributed by atoms with Crippen LogP contribution in [0.15, 0.2) is 158 Å². The van der Waals surface area contributed by atoms with E-state index in [2.05, 4.69) is 138 Å². The van der Waals surface area contributed by atoms with Crippen molar-refractivity contribution in [1.82, 2.24) is 4.98 Å². The first-order valence-electron chi connectivity index (χ1n) is 15.3. The molecule has 0 unspecified atom stereocenters. The summed E-state index contributed by atoms with van der Waals surface area (Å²) in [5, 5.41) is 9.53. The Morgan fingerprint density at radius 2 is 0.911 bits per heavy atom. The molecule has 0 saturated heterocycles. The van der Waals surface area contributed by atoms with Gasteiger partial charge in [-0.2, -0.15) is 5.26 Å². The highest BCUT2D eigenvalue weighted by atomic mass is 14.6. The van der Waals surface area contributed by atoms with Crippen LogP contribution in [0, 0.1) is 11.3 Å². The van der Waals surface area contributed by atoms with Crippen molar-refractivity contribution in [2.24, 2.45) is 0 Å². The van der Waals surface area contributed by atoms with E-state index in [1.165, 1.54) is 61.2 Å². The van der Waals surface area contributed by atoms with Gasteiger partial charge in [-0.25, -0.2) is 0 Å². The Hall–Kier alpha value is -6.04. The monoisotopic (exact) mass is 570 g/mol. The van der Waals surface area contributed by atoms with Gasteiger partial charge in [0.05, 0.1) is 17.0 Å². The first-order valence-corrected chi connectivity index (χ1v) is 15.3. The normalized spacial score (nSPS) is 13.0. The van der Waals surface area contributed by atoms with Gasteiger partial charge in [-0.3, -0.25) is 4.98 Å². The standard InChI is InChI=1S/C43H26N2/c44-26-28-17-19-30(20-18-28)33-11-5-13-37-38-14-6-12-34(31-23-21-29(22-24-31)32-8-7-25-45-27-32)42(38)43(41(33)37)39-15-3-1-9-35(39)36-10-2-4-16-40(36)43/h1-25,27H. The molecule has 208 valence electrons. The Kier molecular flexibility index (Phi) is 5.51. The number of nitriles is 1. The van der Waals surface area contributed by atoms with Crippen LogP contribution in [0.3, 0.4) is 0 Å². The zero-order valence-electron chi connectivity index (χ0n) is 24.4. The highest BCUT2D eigenvalue weighted by Crippen LogP contribution is 2.66. The maximum Gasteiger partial charge on any atom is 0.0991 e. The van der Waals surface area contributed by atoms with E-state index in [1.54, 1.807) is 0 Å². The predicted octanol–water partition coefficient (Wildman–Crippen LogP) is 10.3. The summed E-state index contributed by atoms with van der Waals surface area (Å²) in [5.41, 5.74) is 17.5. The molecule has 0 bridgehead atoms. The average molecular weight is 571 g/mol. The lowest BCUT2D eigenvalue weighted by Gasteiger charge is -2.33. The number of hydrogen-bond donors (Lipinski definition) is 0. The minimum atomic E-state index is -0.513. The number of hydrogen-bond acceptors (Lipinski definition) is 2. The Balaban J connectivity index is 1.38. The first kappa shape index (κ1) is 25.5. The molecule has 0 atom stereocenters. The summed E-state index contributed by atoms with van der Waals surface area (Å²) in [6.45, 7) is 0. The molecule has 0 aliphatic heterocycles. The largest absolute Gasteiger partial charge is 0.264 e. The van der Waals surface area contributed by atoms with E-state index in [1.807, 2.05) is 30.6 Å². The molecular formula is C43H26N2. The minimum Gasteiger partial charge on any atom is -0.264 e. The zero-order chi connectivity index (χ0) is 30.0. The smallest absolute Gasteiger partial charge is 0.0991 e. The van der Waals surface area contributed by atoms with E-state index in [9.17, 15) is 5.26 Å². The molecule has 0 N–H and O–H groups in total. The van der Waals surface area contributed by atoms with Crippen molar-refractivity contribution < 1.29 is 0 Å². The van der Waals surface area contributed by atoms with Crippen molar-refractivity contribution in [3.63, 3.8) is 0 Å². The summed E-state index contributed by atoms with van der Waals surface area (Å²) in [5.74, 6) is 0. The van der Waals surface area contributed by atoms with Gasteiger partial charge in [0, 0.05) is 12.4 Å². The first-order chi connectivity index (χ1) is 22.3. The van der Waals surface area contributed by atoms with Crippen LogP contribution in [0.2, 0.25) is 0 Å². The molecule has 1 spiro atoms. The second-order valence-corrected chi connectivity index (χ2v) is 11.8. The highest BCUT2D eigenvalue weighted by Gasteiger charge is 2.53. The molecule has 2 aliphatic carbocycles. The Morgan fingerprint density at radius 3 is 1.44 bits per heavy atom. The Bertz CT molecular complexity index is 2260. The second-order valence-electron chi connectivity index (χ2n) is 11.8. The van der Waals surface area contributed by atoms with Crippen molar-refractivity contribution in [3.8, 4) is 61.7 Å². The van der Waals surface area contributed by atoms with Gasteiger partial charge >= 0.3 is 0 Å². The van der Waals surface area contributed by atoms with Crippen LogP contribution in [0.4, 0.5) is 0 Å². The van der Waals surface area contributed by atoms with Crippen molar-refractivity contribution in [2.45, 2.75) is 5.41 Å². The second kappa shape index (κ2) is 9.74. The lowest BCUT2D eigenvalue weighted by Crippen LogP contribution is -2.27. The van der Waals surface area contributed by atoms with Crippen LogP contribution >= 0.6 is 0 Å². The third kappa shape index (κ3) is 3.53. The van der Waals surface area contributed by atoms with Crippen molar-refractivity contribution in [1.29, 1.82) is 5.26 Å². The number of pyridine rings is 1. The maximum atomic E-state index is 9.53. The fourth-order valence-corrected chi connectivity index (χ4v) is 7.84. The van der Waals surface area contributed by atoms with Gasteiger partial charge in [-0.15, -0.1) is 0 Å². The van der Waals surface area contributed by atoms with E-state index in [0.717, 1.165) is 16.7 Å². The molecule has 1 aromatic heterocycles. The third-order valence-electron chi connectivity index (χ3n) is 9.64. The summed E-state index contributed by atoms with van der Waals surface area (Å²) >= 11 is 0. The molecule has 0 saturated carbocycles. The van der Waals surface area contributed by atoms with Gasteiger partial charge in [0.15, 0.2) is 0 Å². The number of aromatic nitrogens is 1. The van der Waals surface area contributed by atoms with E-state index < -0.39 is 5.41 Å². The topological polar surface area (TPSA) is 36.7 Å². The van der Waals surface area contributed by atoms with Crippen molar-refractivity contribution in [3.05, 3.63) is 186 Å². The van der Waals surface area contributed by atoms with E-state index >= 15 is 0 Å². The third-order valence-corrected chi connectivity index (χ3v) is 9.64. The van der Waals surface area contributed by atoms with Crippen LogP contribution in [0.5, 0.6) is 0 Å². The molecule has 2 nitrogen and oxygen atoms in total. The lowest BCUT2D eigenvalue weighted by atomic mass is 9.67. The molecular weight excluding hydrogens is 544 g/mol. The molecule has 0 amide bonds. The summed E-state index contributed by atoms with van der Waals surface area (Å²) in [4.78, 5) is 4.33. The molecule has 2 heteroatoms. The van der Waals surface area contributed by atoms with Crippen LogP contribution < -0.4 is 0 Å². The highest BCUT2D eigenvalue weighted by molar-refractivity contribution is 6.01. The number of fused-ring (bicyclic) bond motifs is 10. The van der Waals surface area contributed by atoms with Crippen molar-refractivity contribution in [2.75, 3.05) is 0 Å². The van der Waals surface area contributed by atoms with Gasteiger partial charge in [0.2, 0.25) is 0 Å². The van der Waals surface area contributed by atoms with Crippen LogP contribution in [-0.2, 0) is 5.41 Å². The SMILES string of the molecule is N#Cc1ccc(-c2cccc3c2C2(c4ccccc4-c4ccccc42)c2c(-c4ccc(-c5cccnc5)cc4)cccc2-3)cc1. The van der Waals surface area contributed by atoms with E-state index in [-0.39, 0.29) is 0 Å². The number of rotatable bonds is 3. The molecule has 45 heavy (non-hydrogen) atoms. The number of nitrogens with zero attached hydrogens (tertiary/aromatic N) is 2. The predicted molar refractivity (Wildman–Crippen MR) is 182 cm³/mol. The van der Waals surface area contributed by atoms with Gasteiger partial charge in [-0.1, -0.05) is 127 Å². The van der Waals surface area contributed by atoms with Crippen LogP contribution in [0.1, 0.15) is 27.8 Å². The summed E-state index contributed by atoms with van der Waals surface area (Å²) in [6.07, 6.45) is 3.73. The molecule has 7 aromatic rings. The number of benzene rings is 6. The molecule has 6 aromatic carbocycles. The van der Waals surface area contributed by atoms with Gasteiger partial charge in [0.25, 0.3) is 0 Å². The Morgan fingerprint density at radius 1 is 0.422 bits per heavy atom. The zero-order valence-corrected chi connectivity index (χ0v) is 24.4. The van der Waals surface area contributed by atoms with Gasteiger partial charge < -0.3 is 0 Å². The lowest BCUT2D eigenvalue weighted by molar-refractivity contribution is 0.797. The fourth-order valence-electron chi connectivity index (χ4n) is 7.84. The molecule has 9 rings (SSSR count). The molecule has 1 heterocycles. The fraction of sp³-hybridized carbons (Fsp3) is 0.0233. The maximum absolute atomic E-state index is 9.53. The van der Waals surface area contributed by atoms with Crippen LogP contribution in [0.25, 0.3) is 55.6 Å². The van der Waals surface area contributed by atoms with Gasteiger partial charge in [-0.05, 0) is 96.1 Å². The van der Waals surface area contributed by atoms with E-state index in [0.29, 0.717) is 5.56 Å².